The topological polar surface area (TPSA) is 172 Å². The zero-order chi connectivity index (χ0) is 47.3. The molecule has 0 bridgehead atoms. The SMILES string of the molecule is COc1cc2nc(C)nc(N[C@H](C)c3cc(N)cc(C(F)(F)F)c3)c2cc1C1CCC(C(=O)N(C)CCOCC#CC2CCN(C(=O)c3ccc(Cl)c(N4CCC(=O)NC4=O)c3)CC2)CC1. The minimum atomic E-state index is -4.54. The highest BCUT2D eigenvalue weighted by Crippen LogP contribution is 2.43. The summed E-state index contributed by atoms with van der Waals surface area (Å²) < 4.78 is 52.4. The molecule has 18 heteroatoms. The van der Waals surface area contributed by atoms with Gasteiger partial charge in [0.15, 0.2) is 0 Å². The number of ether oxygens (including phenoxy) is 2. The molecule has 350 valence electrons. The summed E-state index contributed by atoms with van der Waals surface area (Å²) in [6.45, 7) is 5.72. The molecule has 4 aromatic rings. The van der Waals surface area contributed by atoms with Gasteiger partial charge in [0.25, 0.3) is 5.91 Å². The van der Waals surface area contributed by atoms with E-state index in [0.29, 0.717) is 102 Å². The third kappa shape index (κ3) is 11.3. The van der Waals surface area contributed by atoms with Gasteiger partial charge in [-0.1, -0.05) is 23.4 Å². The number of nitrogens with zero attached hydrogens (tertiary/aromatic N) is 5. The number of piperidine rings is 1. The summed E-state index contributed by atoms with van der Waals surface area (Å²) in [5.41, 5.74) is 7.81. The fraction of sp³-hybridized carbons (Fsp3) is 0.458. The Kier molecular flexibility index (Phi) is 14.9. The molecule has 0 unspecified atom stereocenters. The van der Waals surface area contributed by atoms with Crippen molar-refractivity contribution in [2.45, 2.75) is 76.9 Å². The lowest BCUT2D eigenvalue weighted by Crippen LogP contribution is -2.49. The van der Waals surface area contributed by atoms with Gasteiger partial charge in [0, 0.05) is 74.2 Å². The fourth-order valence-electron chi connectivity index (χ4n) is 8.91. The second-order valence-electron chi connectivity index (χ2n) is 17.2. The first-order valence-corrected chi connectivity index (χ1v) is 22.5. The van der Waals surface area contributed by atoms with E-state index in [0.717, 1.165) is 30.5 Å². The van der Waals surface area contributed by atoms with Gasteiger partial charge in [-0.15, -0.1) is 0 Å². The maximum Gasteiger partial charge on any atom is 0.416 e. The number of imide groups is 1. The first-order chi connectivity index (χ1) is 31.5. The van der Waals surface area contributed by atoms with E-state index in [-0.39, 0.29) is 60.7 Å². The predicted octanol–water partition coefficient (Wildman–Crippen LogP) is 8.13. The molecule has 2 aliphatic heterocycles. The summed E-state index contributed by atoms with van der Waals surface area (Å²) in [5, 5.41) is 6.60. The number of nitrogens with one attached hydrogen (secondary N) is 2. The monoisotopic (exact) mass is 930 g/mol. The van der Waals surface area contributed by atoms with Crippen molar-refractivity contribution >= 4 is 63.4 Å². The number of halogens is 4. The number of likely N-dealkylation sites (N-methyl/N-ethyl adjacent to an activating group) is 1. The summed E-state index contributed by atoms with van der Waals surface area (Å²) in [5.74, 6) is 7.64. The summed E-state index contributed by atoms with van der Waals surface area (Å²) in [6, 6.07) is 11.1. The van der Waals surface area contributed by atoms with E-state index in [1.807, 2.05) is 12.1 Å². The number of benzene rings is 3. The molecule has 66 heavy (non-hydrogen) atoms. The van der Waals surface area contributed by atoms with E-state index in [1.165, 1.54) is 11.0 Å². The third-order valence-corrected chi connectivity index (χ3v) is 12.9. The highest BCUT2D eigenvalue weighted by atomic mass is 35.5. The summed E-state index contributed by atoms with van der Waals surface area (Å²) in [4.78, 5) is 65.0. The number of aromatic nitrogens is 2. The number of rotatable bonds is 12. The molecule has 3 heterocycles. The third-order valence-electron chi connectivity index (χ3n) is 12.6. The van der Waals surface area contributed by atoms with Crippen molar-refractivity contribution in [3.05, 3.63) is 81.6 Å². The van der Waals surface area contributed by atoms with Crippen molar-refractivity contribution < 1.29 is 41.8 Å². The molecule has 3 aromatic carbocycles. The van der Waals surface area contributed by atoms with E-state index < -0.39 is 23.8 Å². The number of amides is 5. The van der Waals surface area contributed by atoms with Crippen molar-refractivity contribution in [1.82, 2.24) is 25.1 Å². The van der Waals surface area contributed by atoms with Crippen LogP contribution in [0.2, 0.25) is 5.02 Å². The number of aryl methyl sites for hydroxylation is 1. The molecule has 3 fully saturated rings. The van der Waals surface area contributed by atoms with Gasteiger partial charge in [-0.2, -0.15) is 13.2 Å². The Bertz CT molecular complexity index is 2550. The highest BCUT2D eigenvalue weighted by Gasteiger charge is 2.33. The highest BCUT2D eigenvalue weighted by molar-refractivity contribution is 6.34. The van der Waals surface area contributed by atoms with Crippen molar-refractivity contribution in [2.75, 3.05) is 69.5 Å². The smallest absolute Gasteiger partial charge is 0.416 e. The normalized spacial score (nSPS) is 18.6. The van der Waals surface area contributed by atoms with E-state index in [2.05, 4.69) is 32.4 Å². The van der Waals surface area contributed by atoms with Gasteiger partial charge in [-0.25, -0.2) is 14.8 Å². The van der Waals surface area contributed by atoms with Crippen LogP contribution in [0.1, 0.15) is 96.7 Å². The van der Waals surface area contributed by atoms with Crippen LogP contribution < -0.4 is 26.0 Å². The van der Waals surface area contributed by atoms with Crippen LogP contribution in [0.4, 0.5) is 35.2 Å². The lowest BCUT2D eigenvalue weighted by molar-refractivity contribution is -0.137. The van der Waals surface area contributed by atoms with Gasteiger partial charge in [-0.05, 0) is 112 Å². The van der Waals surface area contributed by atoms with Gasteiger partial charge in [0.1, 0.15) is 24.0 Å². The zero-order valence-electron chi connectivity index (χ0n) is 37.4. The molecule has 5 amide bonds. The Balaban J connectivity index is 0.864. The van der Waals surface area contributed by atoms with Crippen LogP contribution in [-0.4, -0.2) is 97.1 Å². The van der Waals surface area contributed by atoms with Crippen LogP contribution in [0.15, 0.2) is 48.5 Å². The first kappa shape index (κ1) is 47.8. The van der Waals surface area contributed by atoms with Crippen LogP contribution in [0, 0.1) is 30.6 Å². The number of nitrogen functional groups attached to an aromatic ring is 1. The number of methoxy groups -OCH3 is 1. The number of anilines is 3. The molecule has 14 nitrogen and oxygen atoms in total. The Labute approximate surface area is 386 Å². The number of likely N-dealkylation sites (tertiary alicyclic amines) is 1. The Hall–Kier alpha value is -6.12. The average Bonchev–Trinajstić information content (AvgIpc) is 3.29. The molecule has 1 saturated carbocycles. The number of nitrogens with two attached hydrogens (primary N) is 1. The number of hydrogen-bond acceptors (Lipinski definition) is 10. The molecular formula is C48H54ClF3N8O6. The van der Waals surface area contributed by atoms with Crippen LogP contribution in [0.25, 0.3) is 10.9 Å². The summed E-state index contributed by atoms with van der Waals surface area (Å²) >= 11 is 6.36. The van der Waals surface area contributed by atoms with Crippen molar-refractivity contribution in [1.29, 1.82) is 0 Å². The molecule has 1 aliphatic carbocycles. The molecule has 1 aromatic heterocycles. The molecule has 7 rings (SSSR count). The first-order valence-electron chi connectivity index (χ1n) is 22.1. The quantitative estimate of drug-likeness (QED) is 0.0716. The number of carbonyl (C=O) groups is 4. The van der Waals surface area contributed by atoms with Crippen LogP contribution in [-0.2, 0) is 20.5 Å². The van der Waals surface area contributed by atoms with Crippen molar-refractivity contribution in [3.63, 3.8) is 0 Å². The lowest BCUT2D eigenvalue weighted by Gasteiger charge is -2.31. The minimum Gasteiger partial charge on any atom is -0.496 e. The molecule has 1 atom stereocenters. The molecular weight excluding hydrogens is 877 g/mol. The Morgan fingerprint density at radius 3 is 2.47 bits per heavy atom. The van der Waals surface area contributed by atoms with Crippen molar-refractivity contribution in [3.8, 4) is 17.6 Å². The van der Waals surface area contributed by atoms with Crippen LogP contribution >= 0.6 is 11.6 Å². The minimum absolute atomic E-state index is 0.0170. The number of urea groups is 1. The largest absolute Gasteiger partial charge is 0.496 e. The van der Waals surface area contributed by atoms with E-state index >= 15 is 0 Å². The predicted molar refractivity (Wildman–Crippen MR) is 245 cm³/mol. The van der Waals surface area contributed by atoms with Crippen LogP contribution in [0.5, 0.6) is 5.75 Å². The van der Waals surface area contributed by atoms with Gasteiger partial charge < -0.3 is 30.3 Å². The van der Waals surface area contributed by atoms with Gasteiger partial charge in [-0.3, -0.25) is 24.6 Å². The summed E-state index contributed by atoms with van der Waals surface area (Å²) in [7, 11) is 3.39. The molecule has 4 N–H and O–H groups in total. The number of carbonyl (C=O) groups excluding carboxylic acids is 4. The average molecular weight is 931 g/mol. The van der Waals surface area contributed by atoms with E-state index in [4.69, 9.17) is 26.8 Å². The Morgan fingerprint density at radius 2 is 1.77 bits per heavy atom. The molecule has 0 radical (unpaired) electrons. The standard InChI is InChI=1S/C48H54ClF3N8O6/c1-28(34-22-35(48(50,51)52)25-36(53)23-34)54-44-38-26-37(42(65-4)27-40(38)55-29(2)56-44)31-7-9-32(10-8-31)45(62)58(3)19-21-66-20-5-6-30-13-16-59(17-14-30)46(63)33-11-12-39(49)41(24-33)60-18-15-43(61)57-47(60)64/h11-12,22-28,30-32H,7-10,13-21,53H2,1-4H3,(H,54,55,56)(H,57,61,64)/t28-,31?,32?/m1/s1. The summed E-state index contributed by atoms with van der Waals surface area (Å²) in [6.07, 6.45) is -0.0899. The second-order valence-corrected chi connectivity index (χ2v) is 17.6. The Morgan fingerprint density at radius 1 is 1.03 bits per heavy atom. The molecule has 0 spiro atoms. The van der Waals surface area contributed by atoms with Crippen molar-refractivity contribution in [2.24, 2.45) is 11.8 Å². The molecule has 2 saturated heterocycles. The van der Waals surface area contributed by atoms with E-state index in [9.17, 15) is 32.3 Å². The van der Waals surface area contributed by atoms with E-state index in [1.54, 1.807) is 56.0 Å². The van der Waals surface area contributed by atoms with Gasteiger partial charge >= 0.3 is 12.2 Å². The number of alkyl halides is 3. The number of hydrogen-bond donors (Lipinski definition) is 3. The maximum absolute atomic E-state index is 13.6. The van der Waals surface area contributed by atoms with Crippen LogP contribution in [0.3, 0.4) is 0 Å². The van der Waals surface area contributed by atoms with Gasteiger partial charge in [0.2, 0.25) is 11.8 Å². The lowest BCUT2D eigenvalue weighted by atomic mass is 9.77. The fourth-order valence-corrected chi connectivity index (χ4v) is 9.13. The zero-order valence-corrected chi connectivity index (χ0v) is 38.2. The number of fused-ring (bicyclic) bond motifs is 1. The second kappa shape index (κ2) is 20.6. The maximum atomic E-state index is 13.6. The van der Waals surface area contributed by atoms with Gasteiger partial charge in [0.05, 0.1) is 41.5 Å². The molecule has 3 aliphatic rings.